The van der Waals surface area contributed by atoms with Crippen molar-refractivity contribution in [2.24, 2.45) is 0 Å². The molecule has 174 valence electrons. The summed E-state index contributed by atoms with van der Waals surface area (Å²) in [7, 11) is 3.26. The molecule has 9 heteroatoms. The minimum absolute atomic E-state index is 0. The van der Waals surface area contributed by atoms with Crippen molar-refractivity contribution in [2.45, 2.75) is 18.7 Å². The molecule has 0 saturated heterocycles. The number of likely N-dealkylation sites (N-methyl/N-ethyl adjacent to an activating group) is 1. The summed E-state index contributed by atoms with van der Waals surface area (Å²) in [6.07, 6.45) is 1.99. The lowest BCUT2D eigenvalue weighted by molar-refractivity contribution is 0.0981. The molecule has 0 bridgehead atoms. The van der Waals surface area contributed by atoms with Crippen molar-refractivity contribution in [1.82, 2.24) is 9.88 Å². The average Bonchev–Trinajstić information content (AvgIpc) is 3.26. The van der Waals surface area contributed by atoms with E-state index in [9.17, 15) is 4.79 Å². The Morgan fingerprint density at radius 1 is 1.03 bits per heavy atom. The van der Waals surface area contributed by atoms with Crippen LogP contribution < -0.4 is 14.4 Å². The fourth-order valence-corrected chi connectivity index (χ4v) is 5.11. The van der Waals surface area contributed by atoms with Crippen molar-refractivity contribution >= 4 is 56.8 Å². The molecule has 1 heterocycles. The van der Waals surface area contributed by atoms with E-state index in [2.05, 4.69) is 18.7 Å². The highest BCUT2D eigenvalue weighted by Crippen LogP contribution is 2.40. The second-order valence-electron chi connectivity index (χ2n) is 6.83. The fraction of sp³-hybridized carbons (Fsp3) is 0.391. The molecular weight excluding hydrogens is 466 g/mol. The van der Waals surface area contributed by atoms with Crippen LogP contribution in [0.5, 0.6) is 11.5 Å². The third-order valence-corrected chi connectivity index (χ3v) is 7.14. The van der Waals surface area contributed by atoms with Gasteiger partial charge in [-0.2, -0.15) is 0 Å². The van der Waals surface area contributed by atoms with E-state index in [1.54, 1.807) is 30.9 Å². The van der Waals surface area contributed by atoms with E-state index in [-0.39, 0.29) is 18.3 Å². The summed E-state index contributed by atoms with van der Waals surface area (Å²) in [4.78, 5) is 23.6. The molecule has 0 saturated carbocycles. The van der Waals surface area contributed by atoms with Crippen molar-refractivity contribution in [3.05, 3.63) is 42.0 Å². The van der Waals surface area contributed by atoms with Crippen LogP contribution in [0, 0.1) is 0 Å². The molecule has 0 aliphatic carbocycles. The summed E-state index contributed by atoms with van der Waals surface area (Å²) in [5, 5.41) is 0.644. The van der Waals surface area contributed by atoms with Gasteiger partial charge in [0.15, 0.2) is 5.13 Å². The number of aromatic nitrogens is 1. The van der Waals surface area contributed by atoms with Crippen LogP contribution in [0.1, 0.15) is 24.2 Å². The molecule has 0 atom stereocenters. The van der Waals surface area contributed by atoms with Gasteiger partial charge >= 0.3 is 0 Å². The van der Waals surface area contributed by atoms with Crippen LogP contribution in [0.3, 0.4) is 0 Å². The molecule has 0 spiro atoms. The first-order valence-electron chi connectivity index (χ1n) is 10.3. The van der Waals surface area contributed by atoms with Crippen LogP contribution in [-0.2, 0) is 0 Å². The number of benzene rings is 2. The van der Waals surface area contributed by atoms with Crippen molar-refractivity contribution in [2.75, 3.05) is 51.6 Å². The lowest BCUT2D eigenvalue weighted by Gasteiger charge is -2.25. The van der Waals surface area contributed by atoms with Gasteiger partial charge in [0, 0.05) is 18.0 Å². The normalized spacial score (nSPS) is 10.8. The Hall–Kier alpha value is -2.00. The van der Waals surface area contributed by atoms with Crippen LogP contribution in [0.4, 0.5) is 5.13 Å². The zero-order chi connectivity index (χ0) is 22.4. The maximum absolute atomic E-state index is 13.7. The number of rotatable bonds is 10. The molecule has 3 rings (SSSR count). The van der Waals surface area contributed by atoms with Gasteiger partial charge in [0.2, 0.25) is 0 Å². The first kappa shape index (κ1) is 26.3. The van der Waals surface area contributed by atoms with Crippen molar-refractivity contribution in [3.8, 4) is 11.5 Å². The minimum atomic E-state index is -0.0471. The third kappa shape index (κ3) is 5.49. The van der Waals surface area contributed by atoms with Crippen molar-refractivity contribution < 1.29 is 14.3 Å². The van der Waals surface area contributed by atoms with Crippen LogP contribution >= 0.6 is 35.5 Å². The van der Waals surface area contributed by atoms with E-state index in [0.29, 0.717) is 28.5 Å². The molecule has 6 nitrogen and oxygen atoms in total. The second kappa shape index (κ2) is 12.3. The molecule has 2 aromatic carbocycles. The molecular formula is C23H30ClN3O3S2. The lowest BCUT2D eigenvalue weighted by Crippen LogP contribution is -2.39. The van der Waals surface area contributed by atoms with Crippen LogP contribution in [-0.4, -0.2) is 62.4 Å². The topological polar surface area (TPSA) is 54.9 Å². The van der Waals surface area contributed by atoms with Crippen LogP contribution in [0.25, 0.3) is 10.2 Å². The van der Waals surface area contributed by atoms with Gasteiger partial charge in [-0.1, -0.05) is 37.3 Å². The van der Waals surface area contributed by atoms with E-state index >= 15 is 0 Å². The average molecular weight is 496 g/mol. The van der Waals surface area contributed by atoms with Crippen molar-refractivity contribution in [1.29, 1.82) is 0 Å². The Kier molecular flexibility index (Phi) is 10.1. The molecule has 32 heavy (non-hydrogen) atoms. The summed E-state index contributed by atoms with van der Waals surface area (Å²) < 4.78 is 11.9. The maximum Gasteiger partial charge on any atom is 0.261 e. The first-order valence-corrected chi connectivity index (χ1v) is 12.3. The predicted molar refractivity (Wildman–Crippen MR) is 138 cm³/mol. The number of halogens is 1. The predicted octanol–water partition coefficient (Wildman–Crippen LogP) is 5.45. The monoisotopic (exact) mass is 495 g/mol. The number of anilines is 1. The van der Waals surface area contributed by atoms with Crippen LogP contribution in [0.2, 0.25) is 0 Å². The van der Waals surface area contributed by atoms with Gasteiger partial charge in [-0.3, -0.25) is 9.69 Å². The first-order chi connectivity index (χ1) is 15.1. The number of nitrogens with zero attached hydrogens (tertiary/aromatic N) is 3. The number of ether oxygens (including phenoxy) is 2. The maximum atomic E-state index is 13.7. The molecule has 0 radical (unpaired) electrons. The molecule has 0 aliphatic heterocycles. The number of thioether (sulfide) groups is 1. The molecule has 0 fully saturated rings. The van der Waals surface area contributed by atoms with E-state index in [1.807, 2.05) is 42.7 Å². The zero-order valence-electron chi connectivity index (χ0n) is 19.1. The van der Waals surface area contributed by atoms with Crippen molar-refractivity contribution in [3.63, 3.8) is 0 Å². The summed E-state index contributed by atoms with van der Waals surface area (Å²) in [6.45, 7) is 7.44. The van der Waals surface area contributed by atoms with E-state index in [0.717, 1.165) is 35.0 Å². The lowest BCUT2D eigenvalue weighted by atomic mass is 10.2. The number of thiazole rings is 1. The Morgan fingerprint density at radius 2 is 1.69 bits per heavy atom. The summed E-state index contributed by atoms with van der Waals surface area (Å²) in [5.74, 6) is 1.34. The van der Waals surface area contributed by atoms with Gasteiger partial charge in [-0.25, -0.2) is 4.98 Å². The number of hydrogen-bond acceptors (Lipinski definition) is 7. The Labute approximate surface area is 204 Å². The highest BCUT2D eigenvalue weighted by molar-refractivity contribution is 7.98. The SMILES string of the molecule is CCN(CC)CCN(C(=O)c1ccccc1SC)c1nc2c(OC)ccc(OC)c2s1.Cl. The Morgan fingerprint density at radius 3 is 2.31 bits per heavy atom. The van der Waals surface area contributed by atoms with Gasteiger partial charge < -0.3 is 14.4 Å². The second-order valence-corrected chi connectivity index (χ2v) is 8.65. The molecule has 0 N–H and O–H groups in total. The minimum Gasteiger partial charge on any atom is -0.495 e. The standard InChI is InChI=1S/C23H29N3O3S2.ClH/c1-6-25(7-2)14-15-26(22(27)16-10-8-9-11-19(16)30-5)23-24-20-17(28-3)12-13-18(29-4)21(20)31-23;/h8-13H,6-7,14-15H2,1-5H3;1H. The Bertz CT molecular complexity index is 999. The number of carbonyl (C=O) groups is 1. The van der Waals surface area contributed by atoms with E-state index < -0.39 is 0 Å². The quantitative estimate of drug-likeness (QED) is 0.349. The highest BCUT2D eigenvalue weighted by Gasteiger charge is 2.25. The van der Waals surface area contributed by atoms with Gasteiger partial charge in [0.05, 0.1) is 19.8 Å². The van der Waals surface area contributed by atoms with Gasteiger partial charge in [0.1, 0.15) is 21.7 Å². The number of carbonyl (C=O) groups excluding carboxylic acids is 1. The summed E-state index contributed by atoms with van der Waals surface area (Å²) in [5.41, 5.74) is 1.40. The molecule has 0 aliphatic rings. The number of fused-ring (bicyclic) bond motifs is 1. The van der Waals surface area contributed by atoms with Gasteiger partial charge in [-0.05, 0) is 43.6 Å². The van der Waals surface area contributed by atoms with Gasteiger partial charge in [-0.15, -0.1) is 24.2 Å². The van der Waals surface area contributed by atoms with Gasteiger partial charge in [0.25, 0.3) is 5.91 Å². The smallest absolute Gasteiger partial charge is 0.261 e. The molecule has 3 aromatic rings. The summed E-state index contributed by atoms with van der Waals surface area (Å²) >= 11 is 3.03. The fourth-order valence-electron chi connectivity index (χ4n) is 3.42. The highest BCUT2D eigenvalue weighted by atomic mass is 35.5. The molecule has 1 amide bonds. The number of methoxy groups -OCH3 is 2. The third-order valence-electron chi connectivity index (χ3n) is 5.25. The van der Waals surface area contributed by atoms with E-state index in [4.69, 9.17) is 14.5 Å². The molecule has 0 unspecified atom stereocenters. The van der Waals surface area contributed by atoms with Crippen LogP contribution in [0.15, 0.2) is 41.3 Å². The number of amides is 1. The summed E-state index contributed by atoms with van der Waals surface area (Å²) in [6, 6.07) is 11.4. The largest absolute Gasteiger partial charge is 0.495 e. The van der Waals surface area contributed by atoms with E-state index in [1.165, 1.54) is 11.3 Å². The zero-order valence-corrected chi connectivity index (χ0v) is 21.5. The molecule has 1 aromatic heterocycles. The number of hydrogen-bond donors (Lipinski definition) is 0. The Balaban J connectivity index is 0.00000363.